The van der Waals surface area contributed by atoms with Crippen molar-refractivity contribution in [2.24, 2.45) is 5.73 Å². The number of carboxylic acid groups (broad SMARTS) is 2. The van der Waals surface area contributed by atoms with Crippen molar-refractivity contribution in [3.8, 4) is 0 Å². The molecule has 0 spiro atoms. The molecule has 2 unspecified atom stereocenters. The van der Waals surface area contributed by atoms with Crippen molar-refractivity contribution in [3.05, 3.63) is 12.7 Å². The Morgan fingerprint density at radius 3 is 1.81 bits per heavy atom. The molecule has 0 saturated carbocycles. The molecule has 0 saturated heterocycles. The van der Waals surface area contributed by atoms with Crippen molar-refractivity contribution in [1.29, 1.82) is 0 Å². The molecular formula is C9H15NNa2O8S. The maximum absolute atomic E-state index is 10.2. The fourth-order valence-electron chi connectivity index (χ4n) is 0.754. The minimum absolute atomic E-state index is 0. The summed E-state index contributed by atoms with van der Waals surface area (Å²) in [5, 5.41) is 26.0. The number of aliphatic carboxylic acids is 2. The monoisotopic (exact) mass is 343 g/mol. The van der Waals surface area contributed by atoms with E-state index in [1.54, 1.807) is 6.08 Å². The number of nitrogens with two attached hydrogens (primary N) is 1. The number of carbonyl (C=O) groups excluding carboxylic acids is 2. The third kappa shape index (κ3) is 20.5. The number of rotatable bonds is 6. The van der Waals surface area contributed by atoms with Gasteiger partial charge >= 0.3 is 59.1 Å². The summed E-state index contributed by atoms with van der Waals surface area (Å²) in [4.78, 5) is 19.7. The van der Waals surface area contributed by atoms with E-state index in [-0.39, 0.29) is 59.1 Å². The van der Waals surface area contributed by atoms with Crippen LogP contribution in [0.3, 0.4) is 0 Å². The molecule has 0 radical (unpaired) electrons. The van der Waals surface area contributed by atoms with Crippen molar-refractivity contribution in [2.75, 3.05) is 0 Å². The van der Waals surface area contributed by atoms with Crippen LogP contribution in [0.1, 0.15) is 19.8 Å². The first-order valence-corrected chi connectivity index (χ1v) is 6.30. The van der Waals surface area contributed by atoms with Gasteiger partial charge in [-0.25, -0.2) is 0 Å². The van der Waals surface area contributed by atoms with Gasteiger partial charge in [0.2, 0.25) is 0 Å². The Bertz CT molecular complexity index is 432. The molecule has 112 valence electrons. The summed E-state index contributed by atoms with van der Waals surface area (Å²) in [7, 11) is -4.94. The van der Waals surface area contributed by atoms with Crippen molar-refractivity contribution in [2.45, 2.75) is 30.7 Å². The van der Waals surface area contributed by atoms with Gasteiger partial charge in [0, 0.05) is 18.8 Å². The van der Waals surface area contributed by atoms with E-state index in [2.05, 4.69) is 6.58 Å². The van der Waals surface area contributed by atoms with Crippen LogP contribution in [0.2, 0.25) is 0 Å². The van der Waals surface area contributed by atoms with Crippen LogP contribution in [0.25, 0.3) is 0 Å². The van der Waals surface area contributed by atoms with Crippen molar-refractivity contribution in [1.82, 2.24) is 0 Å². The van der Waals surface area contributed by atoms with E-state index in [0.717, 1.165) is 0 Å². The molecule has 0 aromatic carbocycles. The Kier molecular flexibility index (Phi) is 18.3. The molecule has 0 aliphatic carbocycles. The van der Waals surface area contributed by atoms with Crippen molar-refractivity contribution < 1.29 is 97.0 Å². The van der Waals surface area contributed by atoms with Crippen LogP contribution in [-0.4, -0.2) is 41.0 Å². The van der Waals surface area contributed by atoms with Gasteiger partial charge in [-0.05, 0) is 6.92 Å². The summed E-state index contributed by atoms with van der Waals surface area (Å²) in [5.74, 6) is -4.08. The number of carbonyl (C=O) groups is 2. The molecule has 2 atom stereocenters. The predicted molar refractivity (Wildman–Crippen MR) is 59.6 cm³/mol. The smallest absolute Gasteiger partial charge is 0.550 e. The largest absolute Gasteiger partial charge is 1.00 e. The Balaban J connectivity index is -0.000000140. The first-order valence-electron chi connectivity index (χ1n) is 4.80. The SMILES string of the molecule is C=CCC(C)(N)O.O=C([O-])CC(C(=O)[O-])S(=O)(=O)O.[Na+].[Na+]. The number of hydrogen-bond acceptors (Lipinski definition) is 8. The van der Waals surface area contributed by atoms with E-state index in [1.165, 1.54) is 6.92 Å². The third-order valence-corrected chi connectivity index (χ3v) is 2.61. The van der Waals surface area contributed by atoms with E-state index in [9.17, 15) is 28.2 Å². The molecule has 21 heavy (non-hydrogen) atoms. The van der Waals surface area contributed by atoms with Crippen LogP contribution in [0.5, 0.6) is 0 Å². The minimum Gasteiger partial charge on any atom is -0.550 e. The average Bonchev–Trinajstić information content (AvgIpc) is 2.10. The van der Waals surface area contributed by atoms with Gasteiger partial charge in [0.1, 0.15) is 11.0 Å². The molecular weight excluding hydrogens is 328 g/mol. The topological polar surface area (TPSA) is 181 Å². The molecule has 9 nitrogen and oxygen atoms in total. The molecule has 0 heterocycles. The Labute approximate surface area is 166 Å². The Morgan fingerprint density at radius 2 is 1.76 bits per heavy atom. The predicted octanol–water partition coefficient (Wildman–Crippen LogP) is -9.63. The standard InChI is InChI=1S/C5H11NO.C4H6O7S.2Na/c1-3-4-5(2,6)7;5-3(6)1-2(4(7)8)12(9,10)11;;/h3,7H,1,4,6H2,2H3;2H,1H2,(H,5,6)(H,7,8)(H,9,10,11);;/q;;2*+1/p-2. The number of hydrogen-bond donors (Lipinski definition) is 3. The second-order valence-corrected chi connectivity index (χ2v) is 5.35. The zero-order valence-electron chi connectivity index (χ0n) is 12.1. The van der Waals surface area contributed by atoms with Gasteiger partial charge in [-0.1, -0.05) is 6.08 Å². The fraction of sp³-hybridized carbons (Fsp3) is 0.556. The van der Waals surface area contributed by atoms with Gasteiger partial charge < -0.3 is 30.6 Å². The van der Waals surface area contributed by atoms with Gasteiger partial charge in [0.05, 0.1) is 5.97 Å². The van der Waals surface area contributed by atoms with E-state index >= 15 is 0 Å². The van der Waals surface area contributed by atoms with Crippen molar-refractivity contribution in [3.63, 3.8) is 0 Å². The summed E-state index contributed by atoms with van der Waals surface area (Å²) in [6.07, 6.45) is 0.689. The van der Waals surface area contributed by atoms with E-state index in [0.29, 0.717) is 6.42 Å². The van der Waals surface area contributed by atoms with Gasteiger partial charge in [0.15, 0.2) is 0 Å². The van der Waals surface area contributed by atoms with Crippen LogP contribution in [0, 0.1) is 0 Å². The first kappa shape index (κ1) is 29.5. The van der Waals surface area contributed by atoms with Crippen LogP contribution in [0.4, 0.5) is 0 Å². The van der Waals surface area contributed by atoms with Gasteiger partial charge in [-0.2, -0.15) is 8.42 Å². The quantitative estimate of drug-likeness (QED) is 0.182. The second kappa shape index (κ2) is 13.0. The van der Waals surface area contributed by atoms with E-state index < -0.39 is 39.5 Å². The third-order valence-electron chi connectivity index (χ3n) is 1.53. The molecule has 0 rings (SSSR count). The molecule has 0 amide bonds. The maximum Gasteiger partial charge on any atom is 1.00 e. The molecule has 4 N–H and O–H groups in total. The van der Waals surface area contributed by atoms with E-state index in [1.807, 2.05) is 0 Å². The van der Waals surface area contributed by atoms with Gasteiger partial charge in [-0.15, -0.1) is 6.58 Å². The molecule has 0 aromatic heterocycles. The molecule has 0 aromatic rings. The molecule has 12 heteroatoms. The van der Waals surface area contributed by atoms with Crippen LogP contribution in [0.15, 0.2) is 12.7 Å². The molecule has 0 bridgehead atoms. The fourth-order valence-corrected chi connectivity index (χ4v) is 1.34. The summed E-state index contributed by atoms with van der Waals surface area (Å²) in [5.41, 5.74) is 4.06. The van der Waals surface area contributed by atoms with Crippen LogP contribution < -0.4 is 75.1 Å². The normalized spacial score (nSPS) is 13.9. The Hall–Kier alpha value is 0.510. The molecule has 0 fully saturated rings. The summed E-state index contributed by atoms with van der Waals surface area (Å²) >= 11 is 0. The Morgan fingerprint density at radius 1 is 1.38 bits per heavy atom. The van der Waals surface area contributed by atoms with Gasteiger partial charge in [-0.3, -0.25) is 4.55 Å². The van der Waals surface area contributed by atoms with E-state index in [4.69, 9.17) is 15.4 Å². The number of aliphatic hydroxyl groups is 1. The summed E-state index contributed by atoms with van der Waals surface area (Å²) in [6.45, 7) is 4.94. The minimum atomic E-state index is -4.94. The van der Waals surface area contributed by atoms with Crippen LogP contribution in [-0.2, 0) is 19.7 Å². The molecule has 0 aliphatic rings. The van der Waals surface area contributed by atoms with Gasteiger partial charge in [0.25, 0.3) is 10.1 Å². The van der Waals surface area contributed by atoms with Crippen LogP contribution >= 0.6 is 0 Å². The average molecular weight is 343 g/mol. The summed E-state index contributed by atoms with van der Waals surface area (Å²) in [6, 6.07) is 0. The molecule has 0 aliphatic heterocycles. The first-order chi connectivity index (χ1) is 8.31. The maximum atomic E-state index is 10.2. The number of carboxylic acids is 2. The van der Waals surface area contributed by atoms with Crippen molar-refractivity contribution >= 4 is 22.1 Å². The summed E-state index contributed by atoms with van der Waals surface area (Å²) < 4.78 is 28.5. The zero-order valence-corrected chi connectivity index (χ0v) is 16.9. The second-order valence-electron chi connectivity index (χ2n) is 3.75. The zero-order chi connectivity index (χ0) is 15.9.